The van der Waals surface area contributed by atoms with Gasteiger partial charge in [0.25, 0.3) is 0 Å². The number of benzene rings is 2. The normalized spacial score (nSPS) is 9.79. The molecule has 0 heterocycles. The van der Waals surface area contributed by atoms with Crippen molar-refractivity contribution >= 4 is 17.9 Å². The van der Waals surface area contributed by atoms with Crippen molar-refractivity contribution in [2.45, 2.75) is 0 Å². The minimum absolute atomic E-state index is 0.0412. The molecule has 0 N–H and O–H groups in total. The number of rotatable bonds is 3. The van der Waals surface area contributed by atoms with E-state index in [1.165, 1.54) is 0 Å². The Labute approximate surface area is 113 Å². The number of para-hydroxylation sites is 1. The first-order chi connectivity index (χ1) is 9.18. The highest BCUT2D eigenvalue weighted by Crippen LogP contribution is 2.15. The fourth-order valence-corrected chi connectivity index (χ4v) is 1.78. The molecule has 0 fully saturated rings. The maximum atomic E-state index is 12.5. The number of amides is 1. The Kier molecular flexibility index (Phi) is 4.08. The van der Waals surface area contributed by atoms with E-state index in [0.717, 1.165) is 5.69 Å². The maximum Gasteiger partial charge on any atom is 0.345 e. The average Bonchev–Trinajstić information content (AvgIpc) is 2.46. The monoisotopic (exact) mass is 253 g/mol. The summed E-state index contributed by atoms with van der Waals surface area (Å²) in [5.74, 6) is -0.0412. The number of carbonyl (C=O) groups excluding carboxylic acids is 1. The van der Waals surface area contributed by atoms with E-state index in [2.05, 4.69) is 0 Å². The summed E-state index contributed by atoms with van der Waals surface area (Å²) in [4.78, 5) is 14.2. The molecule has 19 heavy (non-hydrogen) atoms. The van der Waals surface area contributed by atoms with Crippen LogP contribution in [0.15, 0.2) is 60.7 Å². The van der Waals surface area contributed by atoms with E-state index in [1.807, 2.05) is 79.3 Å². The molecular weight excluding hydrogens is 236 g/mol. The van der Waals surface area contributed by atoms with Gasteiger partial charge in [-0.05, 0) is 24.3 Å². The Balaban J connectivity index is 2.40. The molecule has 0 spiro atoms. The van der Waals surface area contributed by atoms with Gasteiger partial charge in [0.1, 0.15) is 5.69 Å². The summed E-state index contributed by atoms with van der Waals surface area (Å²) in [6.07, 6.45) is 1.78. The van der Waals surface area contributed by atoms with Gasteiger partial charge in [-0.15, -0.1) is 0 Å². The van der Waals surface area contributed by atoms with Gasteiger partial charge in [-0.3, -0.25) is 4.58 Å². The van der Waals surface area contributed by atoms with Crippen LogP contribution in [-0.4, -0.2) is 30.9 Å². The van der Waals surface area contributed by atoms with Gasteiger partial charge in [-0.25, -0.2) is 4.79 Å². The number of hydrogen-bond donors (Lipinski definition) is 0. The highest BCUT2D eigenvalue weighted by Gasteiger charge is 2.22. The predicted molar refractivity (Wildman–Crippen MR) is 77.9 cm³/mol. The summed E-state index contributed by atoms with van der Waals surface area (Å²) in [7, 11) is 3.79. The lowest BCUT2D eigenvalue weighted by molar-refractivity contribution is -0.460. The Bertz CT molecular complexity index is 572. The minimum Gasteiger partial charge on any atom is -0.273 e. The topological polar surface area (TPSA) is 23.3 Å². The zero-order valence-electron chi connectivity index (χ0n) is 11.2. The summed E-state index contributed by atoms with van der Waals surface area (Å²) < 4.78 is 1.86. The predicted octanol–water partition coefficient (Wildman–Crippen LogP) is 2.63. The molecule has 0 atom stereocenters. The van der Waals surface area contributed by atoms with Crippen LogP contribution in [0, 0.1) is 0 Å². The van der Waals surface area contributed by atoms with Gasteiger partial charge in [0.05, 0.1) is 19.7 Å². The van der Waals surface area contributed by atoms with Crippen LogP contribution in [-0.2, 0) is 0 Å². The van der Waals surface area contributed by atoms with Crippen molar-refractivity contribution < 1.29 is 9.37 Å². The Hall–Kier alpha value is -2.42. The molecule has 0 radical (unpaired) electrons. The van der Waals surface area contributed by atoms with Crippen LogP contribution in [0.1, 0.15) is 10.4 Å². The van der Waals surface area contributed by atoms with E-state index in [0.29, 0.717) is 5.56 Å². The number of nitrogens with zero attached hydrogens (tertiary/aromatic N) is 2. The smallest absolute Gasteiger partial charge is 0.273 e. The lowest BCUT2D eigenvalue weighted by Gasteiger charge is -2.11. The second-order valence-corrected chi connectivity index (χ2v) is 4.46. The highest BCUT2D eigenvalue weighted by atomic mass is 16.2. The number of hydrogen-bond acceptors (Lipinski definition) is 1. The van der Waals surface area contributed by atoms with Crippen molar-refractivity contribution in [3.63, 3.8) is 0 Å². The molecule has 1 amide bonds. The molecule has 0 unspecified atom stereocenters. The fourth-order valence-electron chi connectivity index (χ4n) is 1.78. The molecule has 0 aromatic heterocycles. The molecule has 3 heteroatoms. The molecule has 2 aromatic carbocycles. The average molecular weight is 253 g/mol. The molecule has 3 nitrogen and oxygen atoms in total. The lowest BCUT2D eigenvalue weighted by Crippen LogP contribution is -2.32. The third-order valence-electron chi connectivity index (χ3n) is 2.62. The van der Waals surface area contributed by atoms with Gasteiger partial charge in [-0.1, -0.05) is 36.4 Å². The largest absolute Gasteiger partial charge is 0.345 e. The van der Waals surface area contributed by atoms with Gasteiger partial charge in [-0.2, -0.15) is 4.90 Å². The third kappa shape index (κ3) is 3.28. The van der Waals surface area contributed by atoms with E-state index < -0.39 is 0 Å². The molecule has 96 valence electrons. The van der Waals surface area contributed by atoms with Gasteiger partial charge >= 0.3 is 5.91 Å². The van der Waals surface area contributed by atoms with Crippen molar-refractivity contribution in [3.8, 4) is 0 Å². The molecule has 0 aliphatic rings. The van der Waals surface area contributed by atoms with E-state index in [4.69, 9.17) is 0 Å². The van der Waals surface area contributed by atoms with Crippen molar-refractivity contribution in [2.75, 3.05) is 19.0 Å². The maximum absolute atomic E-state index is 12.5. The second-order valence-electron chi connectivity index (χ2n) is 4.46. The van der Waals surface area contributed by atoms with Crippen molar-refractivity contribution in [2.24, 2.45) is 0 Å². The summed E-state index contributed by atoms with van der Waals surface area (Å²) in [6, 6.07) is 18.9. The van der Waals surface area contributed by atoms with Crippen LogP contribution in [0.2, 0.25) is 0 Å². The summed E-state index contributed by atoms with van der Waals surface area (Å²) in [5.41, 5.74) is 1.52. The van der Waals surface area contributed by atoms with Crippen LogP contribution < -0.4 is 4.90 Å². The molecule has 0 aliphatic carbocycles. The highest BCUT2D eigenvalue weighted by molar-refractivity contribution is 6.15. The molecule has 2 aromatic rings. The van der Waals surface area contributed by atoms with Crippen LogP contribution in [0.25, 0.3) is 0 Å². The van der Waals surface area contributed by atoms with E-state index >= 15 is 0 Å². The van der Waals surface area contributed by atoms with E-state index in [9.17, 15) is 4.79 Å². The molecule has 0 saturated heterocycles. The lowest BCUT2D eigenvalue weighted by atomic mass is 10.2. The molecule has 0 bridgehead atoms. The third-order valence-corrected chi connectivity index (χ3v) is 2.62. The number of carbonyl (C=O) groups is 1. The van der Waals surface area contributed by atoms with Gasteiger partial charge in [0.15, 0.2) is 0 Å². The van der Waals surface area contributed by atoms with Crippen molar-refractivity contribution in [1.29, 1.82) is 0 Å². The van der Waals surface area contributed by atoms with Gasteiger partial charge in [0.2, 0.25) is 6.34 Å². The van der Waals surface area contributed by atoms with Crippen LogP contribution in [0.3, 0.4) is 0 Å². The van der Waals surface area contributed by atoms with E-state index in [-0.39, 0.29) is 5.91 Å². The Morgan fingerprint density at radius 1 is 0.947 bits per heavy atom. The summed E-state index contributed by atoms with van der Waals surface area (Å²) in [5, 5.41) is 0. The summed E-state index contributed by atoms with van der Waals surface area (Å²) >= 11 is 0. The molecule has 2 rings (SSSR count). The van der Waals surface area contributed by atoms with Crippen LogP contribution in [0.4, 0.5) is 5.69 Å². The minimum atomic E-state index is -0.0412. The first-order valence-electron chi connectivity index (χ1n) is 6.13. The van der Waals surface area contributed by atoms with E-state index in [1.54, 1.807) is 11.2 Å². The first kappa shape index (κ1) is 13.0. The second kappa shape index (κ2) is 5.96. The fraction of sp³-hybridized carbons (Fsp3) is 0.125. The Morgan fingerprint density at radius 2 is 1.47 bits per heavy atom. The molecule has 0 aliphatic heterocycles. The van der Waals surface area contributed by atoms with Crippen LogP contribution in [0.5, 0.6) is 0 Å². The van der Waals surface area contributed by atoms with Crippen LogP contribution >= 0.6 is 0 Å². The molecule has 0 saturated carbocycles. The number of anilines is 1. The quantitative estimate of drug-likeness (QED) is 0.468. The van der Waals surface area contributed by atoms with Crippen molar-refractivity contribution in [1.82, 2.24) is 0 Å². The zero-order chi connectivity index (χ0) is 13.7. The van der Waals surface area contributed by atoms with Gasteiger partial charge in [0, 0.05) is 0 Å². The standard InChI is InChI=1S/C16H17N2O/c1-17(2)13-18(15-11-7-4-8-12-15)16(19)14-9-5-3-6-10-14/h3-13H,1-2H3/q+1. The first-order valence-corrected chi connectivity index (χ1v) is 6.13. The molecular formula is C16H17N2O+. The van der Waals surface area contributed by atoms with Crippen molar-refractivity contribution in [3.05, 3.63) is 66.2 Å². The Morgan fingerprint density at radius 3 is 2.00 bits per heavy atom. The summed E-state index contributed by atoms with van der Waals surface area (Å²) in [6.45, 7) is 0. The van der Waals surface area contributed by atoms with Gasteiger partial charge < -0.3 is 0 Å². The SMILES string of the molecule is C[N+](C)=CN(C(=O)c1ccccc1)c1ccccc1. The zero-order valence-corrected chi connectivity index (χ0v) is 11.2.